The SMILES string of the molecule is C=CCN(CCO)c1ccnc(CNCCC)c1. The highest BCUT2D eigenvalue weighted by molar-refractivity contribution is 5.47. The average Bonchev–Trinajstić information content (AvgIpc) is 2.39. The van der Waals surface area contributed by atoms with Crippen LogP contribution in [-0.4, -0.2) is 36.3 Å². The minimum Gasteiger partial charge on any atom is -0.395 e. The third kappa shape index (κ3) is 4.85. The van der Waals surface area contributed by atoms with Crippen molar-refractivity contribution in [3.05, 3.63) is 36.7 Å². The minimum absolute atomic E-state index is 0.138. The standard InChI is InChI=1S/C14H23N3O/c1-3-6-15-12-13-11-14(5-7-16-13)17(8-4-2)9-10-18/h4-5,7,11,15,18H,2-3,6,8-10,12H2,1H3. The van der Waals surface area contributed by atoms with E-state index in [2.05, 4.69) is 34.8 Å². The number of rotatable bonds is 9. The van der Waals surface area contributed by atoms with Crippen LogP contribution >= 0.6 is 0 Å². The van der Waals surface area contributed by atoms with Crippen LogP contribution in [0.25, 0.3) is 0 Å². The zero-order chi connectivity index (χ0) is 13.2. The van der Waals surface area contributed by atoms with Crippen molar-refractivity contribution in [1.29, 1.82) is 0 Å². The van der Waals surface area contributed by atoms with Gasteiger partial charge in [0.05, 0.1) is 12.3 Å². The molecule has 0 aliphatic heterocycles. The van der Waals surface area contributed by atoms with E-state index >= 15 is 0 Å². The lowest BCUT2D eigenvalue weighted by Gasteiger charge is -2.22. The van der Waals surface area contributed by atoms with Crippen LogP contribution in [0.1, 0.15) is 19.0 Å². The van der Waals surface area contributed by atoms with Crippen molar-refractivity contribution in [3.8, 4) is 0 Å². The van der Waals surface area contributed by atoms with Crippen molar-refractivity contribution in [1.82, 2.24) is 10.3 Å². The van der Waals surface area contributed by atoms with E-state index in [0.29, 0.717) is 6.54 Å². The van der Waals surface area contributed by atoms with Gasteiger partial charge in [0.2, 0.25) is 0 Å². The maximum absolute atomic E-state index is 9.06. The number of aliphatic hydroxyl groups is 1. The Morgan fingerprint density at radius 2 is 2.39 bits per heavy atom. The van der Waals surface area contributed by atoms with E-state index in [0.717, 1.165) is 37.4 Å². The van der Waals surface area contributed by atoms with Gasteiger partial charge < -0.3 is 15.3 Å². The third-order valence-electron chi connectivity index (χ3n) is 2.62. The summed E-state index contributed by atoms with van der Waals surface area (Å²) in [6.45, 7) is 9.14. The van der Waals surface area contributed by atoms with Crippen molar-refractivity contribution in [2.24, 2.45) is 0 Å². The van der Waals surface area contributed by atoms with Gasteiger partial charge in [0, 0.05) is 31.5 Å². The fraction of sp³-hybridized carbons (Fsp3) is 0.500. The van der Waals surface area contributed by atoms with E-state index in [4.69, 9.17) is 5.11 Å². The number of hydrogen-bond donors (Lipinski definition) is 2. The number of nitrogens with one attached hydrogen (secondary N) is 1. The van der Waals surface area contributed by atoms with Crippen molar-refractivity contribution in [2.75, 3.05) is 31.1 Å². The molecular weight excluding hydrogens is 226 g/mol. The molecule has 0 spiro atoms. The fourth-order valence-electron chi connectivity index (χ4n) is 1.75. The Balaban J connectivity index is 2.68. The van der Waals surface area contributed by atoms with E-state index in [9.17, 15) is 0 Å². The molecule has 0 saturated carbocycles. The first kappa shape index (κ1) is 14.7. The van der Waals surface area contributed by atoms with Crippen molar-refractivity contribution in [2.45, 2.75) is 19.9 Å². The smallest absolute Gasteiger partial charge is 0.0606 e. The quantitative estimate of drug-likeness (QED) is 0.515. The third-order valence-corrected chi connectivity index (χ3v) is 2.62. The Labute approximate surface area is 109 Å². The Bertz CT molecular complexity index is 355. The van der Waals surface area contributed by atoms with Gasteiger partial charge in [-0.1, -0.05) is 13.0 Å². The normalized spacial score (nSPS) is 10.3. The van der Waals surface area contributed by atoms with Crippen molar-refractivity contribution < 1.29 is 5.11 Å². The average molecular weight is 249 g/mol. The van der Waals surface area contributed by atoms with Gasteiger partial charge in [0.1, 0.15) is 0 Å². The summed E-state index contributed by atoms with van der Waals surface area (Å²) >= 11 is 0. The van der Waals surface area contributed by atoms with Crippen molar-refractivity contribution in [3.63, 3.8) is 0 Å². The largest absolute Gasteiger partial charge is 0.395 e. The van der Waals surface area contributed by atoms with E-state index in [1.54, 1.807) is 0 Å². The molecule has 0 aliphatic carbocycles. The number of nitrogens with zero attached hydrogens (tertiary/aromatic N) is 2. The highest BCUT2D eigenvalue weighted by Crippen LogP contribution is 2.14. The fourth-order valence-corrected chi connectivity index (χ4v) is 1.75. The molecule has 0 saturated heterocycles. The van der Waals surface area contributed by atoms with E-state index < -0.39 is 0 Å². The topological polar surface area (TPSA) is 48.4 Å². The molecule has 1 aromatic heterocycles. The molecular formula is C14H23N3O. The van der Waals surface area contributed by atoms with Gasteiger partial charge in [-0.2, -0.15) is 0 Å². The molecule has 2 N–H and O–H groups in total. The van der Waals surface area contributed by atoms with Gasteiger partial charge in [-0.25, -0.2) is 0 Å². The second kappa shape index (κ2) is 8.66. The van der Waals surface area contributed by atoms with Crippen LogP contribution in [0.3, 0.4) is 0 Å². The molecule has 0 atom stereocenters. The summed E-state index contributed by atoms with van der Waals surface area (Å²) in [6, 6.07) is 4.02. The molecule has 1 rings (SSSR count). The first-order valence-electron chi connectivity index (χ1n) is 6.44. The number of aliphatic hydroxyl groups excluding tert-OH is 1. The molecule has 1 aromatic rings. The monoisotopic (exact) mass is 249 g/mol. The summed E-state index contributed by atoms with van der Waals surface area (Å²) in [5.41, 5.74) is 2.10. The van der Waals surface area contributed by atoms with E-state index in [-0.39, 0.29) is 6.61 Å². The zero-order valence-electron chi connectivity index (χ0n) is 11.1. The second-order valence-corrected chi connectivity index (χ2v) is 4.14. The van der Waals surface area contributed by atoms with Gasteiger partial charge in [0.25, 0.3) is 0 Å². The molecule has 0 unspecified atom stereocenters. The summed E-state index contributed by atoms with van der Waals surface area (Å²) in [4.78, 5) is 6.42. The van der Waals surface area contributed by atoms with Gasteiger partial charge >= 0.3 is 0 Å². The van der Waals surface area contributed by atoms with E-state index in [1.165, 1.54) is 0 Å². The molecule has 0 aromatic carbocycles. The highest BCUT2D eigenvalue weighted by atomic mass is 16.3. The van der Waals surface area contributed by atoms with Crippen molar-refractivity contribution >= 4 is 5.69 Å². The molecule has 4 heteroatoms. The number of pyridine rings is 1. The summed E-state index contributed by atoms with van der Waals surface area (Å²) in [5, 5.41) is 12.4. The lowest BCUT2D eigenvalue weighted by atomic mass is 10.2. The first-order chi connectivity index (χ1) is 8.81. The summed E-state index contributed by atoms with van der Waals surface area (Å²) in [7, 11) is 0. The first-order valence-corrected chi connectivity index (χ1v) is 6.44. The van der Waals surface area contributed by atoms with Crippen LogP contribution in [0.2, 0.25) is 0 Å². The lowest BCUT2D eigenvalue weighted by Crippen LogP contribution is -2.27. The van der Waals surface area contributed by atoms with Crippen LogP contribution < -0.4 is 10.2 Å². The highest BCUT2D eigenvalue weighted by Gasteiger charge is 2.05. The Hall–Kier alpha value is -1.39. The number of hydrogen-bond acceptors (Lipinski definition) is 4. The Morgan fingerprint density at radius 3 is 3.06 bits per heavy atom. The van der Waals surface area contributed by atoms with Crippen LogP contribution in [-0.2, 0) is 6.54 Å². The molecule has 0 amide bonds. The lowest BCUT2D eigenvalue weighted by molar-refractivity contribution is 0.303. The minimum atomic E-state index is 0.138. The number of anilines is 1. The molecule has 0 fully saturated rings. The molecule has 4 nitrogen and oxygen atoms in total. The van der Waals surface area contributed by atoms with Gasteiger partial charge in [-0.15, -0.1) is 6.58 Å². The van der Waals surface area contributed by atoms with Gasteiger partial charge in [-0.05, 0) is 25.1 Å². The Morgan fingerprint density at radius 1 is 1.56 bits per heavy atom. The zero-order valence-corrected chi connectivity index (χ0v) is 11.1. The molecule has 100 valence electrons. The van der Waals surface area contributed by atoms with Gasteiger partial charge in [0.15, 0.2) is 0 Å². The van der Waals surface area contributed by atoms with Gasteiger partial charge in [-0.3, -0.25) is 4.98 Å². The molecule has 0 bridgehead atoms. The maximum Gasteiger partial charge on any atom is 0.0606 e. The predicted octanol–water partition coefficient (Wildman–Crippen LogP) is 1.57. The maximum atomic E-state index is 9.06. The van der Waals surface area contributed by atoms with E-state index in [1.807, 2.05) is 18.3 Å². The molecule has 1 heterocycles. The second-order valence-electron chi connectivity index (χ2n) is 4.14. The number of aromatic nitrogens is 1. The predicted molar refractivity (Wildman–Crippen MR) is 75.7 cm³/mol. The Kier molecular flexibility index (Phi) is 7.06. The summed E-state index contributed by atoms with van der Waals surface area (Å²) in [6.07, 6.45) is 4.77. The van der Waals surface area contributed by atoms with Crippen LogP contribution in [0.15, 0.2) is 31.0 Å². The van der Waals surface area contributed by atoms with Crippen LogP contribution in [0.5, 0.6) is 0 Å². The summed E-state index contributed by atoms with van der Waals surface area (Å²) < 4.78 is 0. The molecule has 0 aliphatic rings. The molecule has 0 radical (unpaired) electrons. The van der Waals surface area contributed by atoms with Crippen LogP contribution in [0, 0.1) is 0 Å². The van der Waals surface area contributed by atoms with Crippen LogP contribution in [0.4, 0.5) is 5.69 Å². The molecule has 18 heavy (non-hydrogen) atoms. The summed E-state index contributed by atoms with van der Waals surface area (Å²) in [5.74, 6) is 0.